The highest BCUT2D eigenvalue weighted by Gasteiger charge is 2.20. The average molecular weight is 303 g/mol. The number of aliphatic hydroxyl groups is 1. The third kappa shape index (κ3) is 6.15. The second-order valence-corrected chi connectivity index (χ2v) is 6.72. The molecule has 1 aromatic rings. The van der Waals surface area contributed by atoms with Crippen LogP contribution >= 0.6 is 0 Å². The topological polar surface area (TPSA) is 85.2 Å². The number of nitrogens with zero attached hydrogens (tertiary/aromatic N) is 1. The molecule has 5 heteroatoms. The predicted octanol–water partition coefficient (Wildman–Crippen LogP) is 2.72. The zero-order valence-corrected chi connectivity index (χ0v) is 13.7. The van der Waals surface area contributed by atoms with Crippen LogP contribution in [0.4, 0.5) is 4.79 Å². The molecule has 0 radical (unpaired) electrons. The van der Waals surface area contributed by atoms with Crippen LogP contribution in [0.1, 0.15) is 51.3 Å². The fourth-order valence-electron chi connectivity index (χ4n) is 2.25. The lowest BCUT2D eigenvalue weighted by molar-refractivity contribution is 0.189. The molecule has 22 heavy (non-hydrogen) atoms. The molecule has 0 aliphatic carbocycles. The summed E-state index contributed by atoms with van der Waals surface area (Å²) in [5, 5.41) is 23.8. The summed E-state index contributed by atoms with van der Waals surface area (Å²) in [5.74, 6) is 0. The number of aliphatic hydroxyl groups excluding tert-OH is 1. The highest BCUT2D eigenvalue weighted by molar-refractivity contribution is 5.74. The van der Waals surface area contributed by atoms with Gasteiger partial charge in [-0.15, -0.1) is 0 Å². The molecule has 2 unspecified atom stereocenters. The van der Waals surface area contributed by atoms with Crippen molar-refractivity contribution in [2.24, 2.45) is 5.41 Å². The van der Waals surface area contributed by atoms with E-state index in [1.54, 1.807) is 12.1 Å². The number of urea groups is 1. The van der Waals surface area contributed by atoms with Crippen LogP contribution in [0.2, 0.25) is 0 Å². The second-order valence-electron chi connectivity index (χ2n) is 6.72. The van der Waals surface area contributed by atoms with Crippen molar-refractivity contribution in [2.45, 2.75) is 46.2 Å². The number of carbonyl (C=O) groups excluding carboxylic acids is 1. The fourth-order valence-corrected chi connectivity index (χ4v) is 2.25. The van der Waals surface area contributed by atoms with Gasteiger partial charge >= 0.3 is 6.03 Å². The highest BCUT2D eigenvalue weighted by atomic mass is 16.3. The Morgan fingerprint density at radius 2 is 1.86 bits per heavy atom. The molecule has 1 rings (SSSR count). The van der Waals surface area contributed by atoms with Crippen LogP contribution in [0.5, 0.6) is 0 Å². The van der Waals surface area contributed by atoms with Crippen molar-refractivity contribution in [3.8, 4) is 6.07 Å². The molecule has 2 amide bonds. The molecule has 0 saturated carbocycles. The van der Waals surface area contributed by atoms with E-state index >= 15 is 0 Å². The van der Waals surface area contributed by atoms with Gasteiger partial charge in [-0.3, -0.25) is 0 Å². The Morgan fingerprint density at radius 1 is 1.27 bits per heavy atom. The molecule has 0 aliphatic heterocycles. The van der Waals surface area contributed by atoms with Gasteiger partial charge in [0.15, 0.2) is 0 Å². The summed E-state index contributed by atoms with van der Waals surface area (Å²) in [7, 11) is 0. The molecule has 0 aliphatic rings. The van der Waals surface area contributed by atoms with E-state index in [2.05, 4.69) is 37.5 Å². The van der Waals surface area contributed by atoms with E-state index in [1.807, 2.05) is 19.1 Å². The number of carbonyl (C=O) groups is 1. The summed E-state index contributed by atoms with van der Waals surface area (Å²) in [6.45, 7) is 7.98. The summed E-state index contributed by atoms with van der Waals surface area (Å²) in [6.07, 6.45) is 0.697. The smallest absolute Gasteiger partial charge is 0.315 e. The molecule has 0 bridgehead atoms. The molecule has 120 valence electrons. The van der Waals surface area contributed by atoms with Gasteiger partial charge in [-0.05, 0) is 36.5 Å². The Balaban J connectivity index is 2.57. The number of amides is 2. The summed E-state index contributed by atoms with van der Waals surface area (Å²) < 4.78 is 0. The number of rotatable bonds is 5. The highest BCUT2D eigenvalue weighted by Crippen LogP contribution is 2.20. The third-order valence-corrected chi connectivity index (χ3v) is 3.30. The van der Waals surface area contributed by atoms with Crippen molar-refractivity contribution >= 4 is 6.03 Å². The van der Waals surface area contributed by atoms with Crippen LogP contribution in [-0.4, -0.2) is 23.8 Å². The SMILES string of the molecule is CC(NC(=O)NC(CO)CC(C)(C)C)c1ccc(C#N)cc1. The maximum Gasteiger partial charge on any atom is 0.315 e. The standard InChI is InChI=1S/C17H25N3O2/c1-12(14-7-5-13(10-18)6-8-14)19-16(22)20-15(11-21)9-17(2,3)4/h5-8,12,15,21H,9,11H2,1-4H3,(H2,19,20,22). The van der Waals surface area contributed by atoms with Crippen LogP contribution in [0.15, 0.2) is 24.3 Å². The molecule has 0 aromatic heterocycles. The number of hydrogen-bond acceptors (Lipinski definition) is 3. The van der Waals surface area contributed by atoms with Crippen molar-refractivity contribution in [1.29, 1.82) is 5.26 Å². The maximum atomic E-state index is 12.0. The molecule has 1 aromatic carbocycles. The minimum atomic E-state index is -0.305. The van der Waals surface area contributed by atoms with Gasteiger partial charge in [0.05, 0.1) is 30.3 Å². The molecule has 5 nitrogen and oxygen atoms in total. The summed E-state index contributed by atoms with van der Waals surface area (Å²) in [5.41, 5.74) is 1.54. The molecular formula is C17H25N3O2. The second kappa shape index (κ2) is 7.81. The van der Waals surface area contributed by atoms with Crippen molar-refractivity contribution in [3.05, 3.63) is 35.4 Å². The quantitative estimate of drug-likeness (QED) is 0.782. The van der Waals surface area contributed by atoms with Crippen LogP contribution in [0.3, 0.4) is 0 Å². The van der Waals surface area contributed by atoms with E-state index in [0.29, 0.717) is 12.0 Å². The minimum absolute atomic E-state index is 0.0272. The normalized spacial score (nSPS) is 13.8. The summed E-state index contributed by atoms with van der Waals surface area (Å²) in [4.78, 5) is 12.0. The number of benzene rings is 1. The van der Waals surface area contributed by atoms with Crippen molar-refractivity contribution in [1.82, 2.24) is 10.6 Å². The summed E-state index contributed by atoms with van der Waals surface area (Å²) in [6, 6.07) is 8.40. The Bertz CT molecular complexity index is 526. The van der Waals surface area contributed by atoms with E-state index in [4.69, 9.17) is 5.26 Å². The first-order valence-electron chi connectivity index (χ1n) is 7.43. The van der Waals surface area contributed by atoms with Gasteiger partial charge in [0.2, 0.25) is 0 Å². The molecule has 2 atom stereocenters. The van der Waals surface area contributed by atoms with E-state index < -0.39 is 0 Å². The van der Waals surface area contributed by atoms with Gasteiger partial charge in [-0.2, -0.15) is 5.26 Å². The first kappa shape index (κ1) is 18.0. The van der Waals surface area contributed by atoms with E-state index in [9.17, 15) is 9.90 Å². The van der Waals surface area contributed by atoms with E-state index in [-0.39, 0.29) is 30.1 Å². The van der Waals surface area contributed by atoms with E-state index in [1.165, 1.54) is 0 Å². The summed E-state index contributed by atoms with van der Waals surface area (Å²) >= 11 is 0. The van der Waals surface area contributed by atoms with E-state index in [0.717, 1.165) is 5.56 Å². The van der Waals surface area contributed by atoms with Gasteiger partial charge in [-0.1, -0.05) is 32.9 Å². The van der Waals surface area contributed by atoms with Crippen molar-refractivity contribution in [2.75, 3.05) is 6.61 Å². The Hall–Kier alpha value is -2.06. The lowest BCUT2D eigenvalue weighted by Crippen LogP contribution is -2.45. The number of nitriles is 1. The lowest BCUT2D eigenvalue weighted by atomic mass is 9.88. The van der Waals surface area contributed by atoms with Gasteiger partial charge < -0.3 is 15.7 Å². The maximum absolute atomic E-state index is 12.0. The zero-order valence-electron chi connectivity index (χ0n) is 13.7. The first-order valence-corrected chi connectivity index (χ1v) is 7.43. The monoisotopic (exact) mass is 303 g/mol. The average Bonchev–Trinajstić information content (AvgIpc) is 2.45. The van der Waals surface area contributed by atoms with Crippen LogP contribution in [0, 0.1) is 16.7 Å². The lowest BCUT2D eigenvalue weighted by Gasteiger charge is -2.26. The largest absolute Gasteiger partial charge is 0.394 e. The van der Waals surface area contributed by atoms with Crippen LogP contribution in [0.25, 0.3) is 0 Å². The van der Waals surface area contributed by atoms with Crippen molar-refractivity contribution < 1.29 is 9.90 Å². The molecule has 0 heterocycles. The minimum Gasteiger partial charge on any atom is -0.394 e. The number of nitrogens with one attached hydrogen (secondary N) is 2. The Morgan fingerprint density at radius 3 is 2.32 bits per heavy atom. The third-order valence-electron chi connectivity index (χ3n) is 3.30. The molecular weight excluding hydrogens is 278 g/mol. The Labute approximate surface area is 132 Å². The van der Waals surface area contributed by atoms with Gasteiger partial charge in [0.1, 0.15) is 0 Å². The number of hydrogen-bond donors (Lipinski definition) is 3. The van der Waals surface area contributed by atoms with Gasteiger partial charge in [0.25, 0.3) is 0 Å². The molecule has 0 fully saturated rings. The predicted molar refractivity (Wildman–Crippen MR) is 86.2 cm³/mol. The van der Waals surface area contributed by atoms with Gasteiger partial charge in [-0.25, -0.2) is 4.79 Å². The molecule has 0 saturated heterocycles. The Kier molecular flexibility index (Phi) is 6.39. The molecule has 0 spiro atoms. The fraction of sp³-hybridized carbons (Fsp3) is 0.529. The van der Waals surface area contributed by atoms with Gasteiger partial charge in [0, 0.05) is 0 Å². The first-order chi connectivity index (χ1) is 10.2. The zero-order chi connectivity index (χ0) is 16.8. The van der Waals surface area contributed by atoms with Crippen molar-refractivity contribution in [3.63, 3.8) is 0 Å². The molecule has 3 N–H and O–H groups in total. The van der Waals surface area contributed by atoms with Crippen LogP contribution in [-0.2, 0) is 0 Å². The van der Waals surface area contributed by atoms with Crippen LogP contribution < -0.4 is 10.6 Å².